The Morgan fingerprint density at radius 2 is 2.35 bits per heavy atom. The molecule has 2 heterocycles. The van der Waals surface area contributed by atoms with E-state index in [1.165, 1.54) is 12.3 Å². The van der Waals surface area contributed by atoms with Gasteiger partial charge in [0.15, 0.2) is 5.82 Å². The number of nitrogens with one attached hydrogen (secondary N) is 1. The average molecular weight is 237 g/mol. The second kappa shape index (κ2) is 4.79. The van der Waals surface area contributed by atoms with Gasteiger partial charge in [0.2, 0.25) is 0 Å². The Labute approximate surface area is 99.8 Å². The number of piperazine rings is 1. The first kappa shape index (κ1) is 12.0. The molecule has 17 heavy (non-hydrogen) atoms. The maximum atomic E-state index is 13.5. The van der Waals surface area contributed by atoms with Crippen LogP contribution in [0.2, 0.25) is 0 Å². The van der Waals surface area contributed by atoms with Crippen molar-refractivity contribution in [2.24, 2.45) is 0 Å². The van der Waals surface area contributed by atoms with Gasteiger partial charge in [-0.05, 0) is 19.9 Å². The van der Waals surface area contributed by atoms with Gasteiger partial charge in [0.05, 0.1) is 11.8 Å². The van der Waals surface area contributed by atoms with Crippen molar-refractivity contribution in [3.05, 3.63) is 29.8 Å². The average Bonchev–Trinajstić information content (AvgIpc) is 2.32. The summed E-state index contributed by atoms with van der Waals surface area (Å²) in [5, 5.41) is 3.28. The molecule has 1 amide bonds. The Morgan fingerprint density at radius 1 is 1.59 bits per heavy atom. The minimum atomic E-state index is -0.559. The second-order valence-corrected chi connectivity index (χ2v) is 4.47. The quantitative estimate of drug-likeness (QED) is 0.794. The Morgan fingerprint density at radius 3 is 3.06 bits per heavy atom. The number of aromatic nitrogens is 1. The molecule has 0 saturated carbocycles. The lowest BCUT2D eigenvalue weighted by Gasteiger charge is -2.37. The van der Waals surface area contributed by atoms with Gasteiger partial charge in [-0.3, -0.25) is 9.78 Å². The number of pyridine rings is 1. The SMILES string of the molecule is CC1CN(C(=O)c2ccncc2F)C(C)CN1. The molecule has 2 rings (SSSR count). The van der Waals surface area contributed by atoms with E-state index in [1.807, 2.05) is 13.8 Å². The lowest BCUT2D eigenvalue weighted by atomic mass is 10.1. The maximum absolute atomic E-state index is 13.5. The first-order valence-electron chi connectivity index (χ1n) is 5.73. The van der Waals surface area contributed by atoms with E-state index in [4.69, 9.17) is 0 Å². The van der Waals surface area contributed by atoms with Gasteiger partial charge < -0.3 is 10.2 Å². The number of rotatable bonds is 1. The molecule has 1 aliphatic rings. The lowest BCUT2D eigenvalue weighted by Crippen LogP contribution is -2.56. The van der Waals surface area contributed by atoms with E-state index in [0.29, 0.717) is 6.54 Å². The fraction of sp³-hybridized carbons (Fsp3) is 0.500. The van der Waals surface area contributed by atoms with Crippen LogP contribution >= 0.6 is 0 Å². The minimum absolute atomic E-state index is 0.0752. The van der Waals surface area contributed by atoms with Gasteiger partial charge in [0.25, 0.3) is 5.91 Å². The molecule has 1 N–H and O–H groups in total. The Balaban J connectivity index is 2.22. The van der Waals surface area contributed by atoms with Crippen LogP contribution in [0.5, 0.6) is 0 Å². The van der Waals surface area contributed by atoms with Crippen LogP contribution in [-0.2, 0) is 0 Å². The van der Waals surface area contributed by atoms with E-state index >= 15 is 0 Å². The third kappa shape index (κ3) is 2.44. The molecule has 0 aliphatic carbocycles. The number of carbonyl (C=O) groups is 1. The van der Waals surface area contributed by atoms with Crippen molar-refractivity contribution in [3.8, 4) is 0 Å². The molecular formula is C12H16FN3O. The second-order valence-electron chi connectivity index (χ2n) is 4.47. The standard InChI is InChI=1S/C12H16FN3O/c1-8-7-16(9(2)5-15-8)12(17)10-3-4-14-6-11(10)13/h3-4,6,8-9,15H,5,7H2,1-2H3. The molecule has 0 radical (unpaired) electrons. The first-order chi connectivity index (χ1) is 8.09. The van der Waals surface area contributed by atoms with Crippen LogP contribution < -0.4 is 5.32 Å². The number of hydrogen-bond acceptors (Lipinski definition) is 3. The van der Waals surface area contributed by atoms with E-state index < -0.39 is 5.82 Å². The van der Waals surface area contributed by atoms with Crippen LogP contribution in [0.3, 0.4) is 0 Å². The molecule has 0 spiro atoms. The molecular weight excluding hydrogens is 221 g/mol. The summed E-state index contributed by atoms with van der Waals surface area (Å²) >= 11 is 0. The maximum Gasteiger partial charge on any atom is 0.257 e. The highest BCUT2D eigenvalue weighted by molar-refractivity contribution is 5.94. The van der Waals surface area contributed by atoms with Gasteiger partial charge >= 0.3 is 0 Å². The van der Waals surface area contributed by atoms with Crippen LogP contribution in [0.25, 0.3) is 0 Å². The molecule has 0 bridgehead atoms. The van der Waals surface area contributed by atoms with E-state index in [9.17, 15) is 9.18 Å². The summed E-state index contributed by atoms with van der Waals surface area (Å²) in [4.78, 5) is 17.6. The van der Waals surface area contributed by atoms with Crippen LogP contribution in [-0.4, -0.2) is 41.0 Å². The van der Waals surface area contributed by atoms with E-state index in [1.54, 1.807) is 4.90 Å². The van der Waals surface area contributed by atoms with Crippen molar-refractivity contribution in [3.63, 3.8) is 0 Å². The van der Waals surface area contributed by atoms with Crippen molar-refractivity contribution in [2.75, 3.05) is 13.1 Å². The normalized spacial score (nSPS) is 24.8. The summed E-state index contributed by atoms with van der Waals surface area (Å²) in [6, 6.07) is 1.74. The van der Waals surface area contributed by atoms with Gasteiger partial charge in [0.1, 0.15) is 0 Å². The molecule has 4 nitrogen and oxygen atoms in total. The summed E-state index contributed by atoms with van der Waals surface area (Å²) < 4.78 is 13.5. The van der Waals surface area contributed by atoms with E-state index in [0.717, 1.165) is 12.7 Å². The molecule has 0 aromatic carbocycles. The molecule has 1 fully saturated rings. The molecule has 1 aromatic rings. The Hall–Kier alpha value is -1.49. The summed E-state index contributed by atoms with van der Waals surface area (Å²) in [7, 11) is 0. The molecule has 92 valence electrons. The van der Waals surface area contributed by atoms with Crippen LogP contribution in [0.1, 0.15) is 24.2 Å². The monoisotopic (exact) mass is 237 g/mol. The lowest BCUT2D eigenvalue weighted by molar-refractivity contribution is 0.0611. The van der Waals surface area contributed by atoms with Gasteiger partial charge in [0, 0.05) is 31.4 Å². The molecule has 2 atom stereocenters. The highest BCUT2D eigenvalue weighted by Gasteiger charge is 2.28. The highest BCUT2D eigenvalue weighted by Crippen LogP contribution is 2.14. The molecule has 2 unspecified atom stereocenters. The Bertz CT molecular complexity index is 424. The molecule has 1 aliphatic heterocycles. The fourth-order valence-corrected chi connectivity index (χ4v) is 2.01. The van der Waals surface area contributed by atoms with Crippen molar-refractivity contribution in [1.29, 1.82) is 0 Å². The number of amides is 1. The zero-order valence-corrected chi connectivity index (χ0v) is 9.98. The third-order valence-corrected chi connectivity index (χ3v) is 3.03. The van der Waals surface area contributed by atoms with Crippen molar-refractivity contribution >= 4 is 5.91 Å². The van der Waals surface area contributed by atoms with Gasteiger partial charge in [-0.1, -0.05) is 0 Å². The summed E-state index contributed by atoms with van der Waals surface area (Å²) in [6.07, 6.45) is 2.51. The minimum Gasteiger partial charge on any atom is -0.333 e. The van der Waals surface area contributed by atoms with Gasteiger partial charge in [-0.15, -0.1) is 0 Å². The van der Waals surface area contributed by atoms with Crippen LogP contribution in [0, 0.1) is 5.82 Å². The first-order valence-corrected chi connectivity index (χ1v) is 5.73. The van der Waals surface area contributed by atoms with Gasteiger partial charge in [-0.25, -0.2) is 4.39 Å². The van der Waals surface area contributed by atoms with Crippen molar-refractivity contribution in [1.82, 2.24) is 15.2 Å². The summed E-state index contributed by atoms with van der Waals surface area (Å²) in [5.74, 6) is -0.818. The largest absolute Gasteiger partial charge is 0.333 e. The molecule has 5 heteroatoms. The topological polar surface area (TPSA) is 45.2 Å². The van der Waals surface area contributed by atoms with Crippen LogP contribution in [0.4, 0.5) is 4.39 Å². The number of nitrogens with zero attached hydrogens (tertiary/aromatic N) is 2. The highest BCUT2D eigenvalue weighted by atomic mass is 19.1. The van der Waals surface area contributed by atoms with E-state index in [-0.39, 0.29) is 23.6 Å². The molecule has 1 aromatic heterocycles. The number of halogens is 1. The predicted molar refractivity (Wildman–Crippen MR) is 62.2 cm³/mol. The smallest absolute Gasteiger partial charge is 0.257 e. The zero-order chi connectivity index (χ0) is 12.4. The fourth-order valence-electron chi connectivity index (χ4n) is 2.01. The number of carbonyl (C=O) groups excluding carboxylic acids is 1. The van der Waals surface area contributed by atoms with Gasteiger partial charge in [-0.2, -0.15) is 0 Å². The zero-order valence-electron chi connectivity index (χ0n) is 9.98. The molecule has 1 saturated heterocycles. The number of hydrogen-bond donors (Lipinski definition) is 1. The van der Waals surface area contributed by atoms with E-state index in [2.05, 4.69) is 10.3 Å². The predicted octanol–water partition coefficient (Wildman–Crippen LogP) is 1.04. The summed E-state index contributed by atoms with van der Waals surface area (Å²) in [6.45, 7) is 5.30. The third-order valence-electron chi connectivity index (χ3n) is 3.03. The summed E-state index contributed by atoms with van der Waals surface area (Å²) in [5.41, 5.74) is 0.0981. The van der Waals surface area contributed by atoms with Crippen LogP contribution in [0.15, 0.2) is 18.5 Å². The Kier molecular flexibility index (Phi) is 3.38. The van der Waals surface area contributed by atoms with Crippen molar-refractivity contribution < 1.29 is 9.18 Å². The van der Waals surface area contributed by atoms with Crippen molar-refractivity contribution in [2.45, 2.75) is 25.9 Å².